The minimum Gasteiger partial charge on any atom is -0.480 e. The summed E-state index contributed by atoms with van der Waals surface area (Å²) in [5.41, 5.74) is 0. The molecule has 0 aromatic rings. The zero-order chi connectivity index (χ0) is 16.5. The van der Waals surface area contributed by atoms with Gasteiger partial charge in [0.1, 0.15) is 6.04 Å². The van der Waals surface area contributed by atoms with Gasteiger partial charge in [0.25, 0.3) is 0 Å². The fourth-order valence-electron chi connectivity index (χ4n) is 3.79. The highest BCUT2D eigenvalue weighted by Gasteiger charge is 2.39. The van der Waals surface area contributed by atoms with E-state index in [9.17, 15) is 9.90 Å². The van der Waals surface area contributed by atoms with Crippen molar-refractivity contribution in [3.8, 4) is 0 Å². The zero-order valence-corrected chi connectivity index (χ0v) is 14.0. The summed E-state index contributed by atoms with van der Waals surface area (Å²) in [4.78, 5) is 11.4. The van der Waals surface area contributed by atoms with Crippen LogP contribution in [-0.4, -0.2) is 40.8 Å². The molecule has 0 aromatic heterocycles. The molecule has 0 spiro atoms. The Morgan fingerprint density at radius 2 is 2.00 bits per heavy atom. The Hall–Kier alpha value is -0.585. The lowest BCUT2D eigenvalue weighted by Crippen LogP contribution is -2.36. The van der Waals surface area contributed by atoms with Crippen molar-refractivity contribution in [2.45, 2.75) is 71.2 Å². The van der Waals surface area contributed by atoms with Crippen molar-refractivity contribution in [1.29, 1.82) is 0 Å². The largest absolute Gasteiger partial charge is 0.480 e. The Balaban J connectivity index is 2.52. The summed E-state index contributed by atoms with van der Waals surface area (Å²) < 4.78 is 0. The summed E-state index contributed by atoms with van der Waals surface area (Å²) in [5.74, 6) is 0.463. The minimum absolute atomic E-state index is 0.107. The fraction of sp³-hybridized carbons (Fsp3) is 0.938. The van der Waals surface area contributed by atoms with E-state index in [1.807, 2.05) is 0 Å². The van der Waals surface area contributed by atoms with Gasteiger partial charge in [-0.3, -0.25) is 4.79 Å². The van der Waals surface area contributed by atoms with Crippen LogP contribution < -0.4 is 5.32 Å². The topological polar surface area (TPSA) is 89.8 Å². The van der Waals surface area contributed by atoms with Gasteiger partial charge in [-0.05, 0) is 43.5 Å². The van der Waals surface area contributed by atoms with Crippen molar-refractivity contribution in [3.63, 3.8) is 0 Å². The number of carbonyl (C=O) groups is 1. The van der Waals surface area contributed by atoms with E-state index in [4.69, 9.17) is 10.0 Å². The second-order valence-corrected chi connectivity index (χ2v) is 6.70. The Labute approximate surface area is 134 Å². The Kier molecular flexibility index (Phi) is 9.06. The molecule has 4 N–H and O–H groups in total. The van der Waals surface area contributed by atoms with Crippen LogP contribution in [0.3, 0.4) is 0 Å². The predicted molar refractivity (Wildman–Crippen MR) is 88.6 cm³/mol. The molecular weight excluding hydrogens is 281 g/mol. The lowest BCUT2D eigenvalue weighted by molar-refractivity contribution is -0.140. The van der Waals surface area contributed by atoms with Gasteiger partial charge in [-0.15, -0.1) is 0 Å². The van der Waals surface area contributed by atoms with Crippen molar-refractivity contribution in [2.24, 2.45) is 17.8 Å². The molecule has 0 amide bonds. The first-order valence-corrected chi connectivity index (χ1v) is 8.81. The summed E-state index contributed by atoms with van der Waals surface area (Å²) in [7, 11) is -1.29. The number of nitrogens with one attached hydrogen (secondary N) is 1. The van der Waals surface area contributed by atoms with Crippen LogP contribution >= 0.6 is 0 Å². The van der Waals surface area contributed by atoms with Crippen LogP contribution in [0.1, 0.15) is 58.8 Å². The number of rotatable bonds is 11. The molecule has 6 heteroatoms. The monoisotopic (exact) mass is 313 g/mol. The van der Waals surface area contributed by atoms with E-state index in [1.54, 1.807) is 0 Å². The third-order valence-electron chi connectivity index (χ3n) is 5.12. The number of hydrogen-bond acceptors (Lipinski definition) is 4. The van der Waals surface area contributed by atoms with Crippen LogP contribution in [0.15, 0.2) is 0 Å². The minimum atomic E-state index is -1.29. The van der Waals surface area contributed by atoms with Crippen LogP contribution in [0.4, 0.5) is 0 Å². The maximum atomic E-state index is 11.4. The highest BCUT2D eigenvalue weighted by Crippen LogP contribution is 2.33. The Morgan fingerprint density at radius 1 is 1.27 bits per heavy atom. The molecule has 22 heavy (non-hydrogen) atoms. The van der Waals surface area contributed by atoms with Crippen molar-refractivity contribution in [1.82, 2.24) is 5.32 Å². The van der Waals surface area contributed by atoms with Crippen LogP contribution in [0.25, 0.3) is 0 Å². The van der Waals surface area contributed by atoms with Crippen molar-refractivity contribution in [2.75, 3.05) is 6.54 Å². The number of carboxylic acids is 1. The van der Waals surface area contributed by atoms with Gasteiger partial charge in [0.2, 0.25) is 0 Å². The molecule has 4 atom stereocenters. The van der Waals surface area contributed by atoms with Gasteiger partial charge < -0.3 is 20.5 Å². The summed E-state index contributed by atoms with van der Waals surface area (Å²) >= 11 is 0. The first kappa shape index (κ1) is 19.5. The van der Waals surface area contributed by atoms with Crippen molar-refractivity contribution >= 4 is 13.1 Å². The van der Waals surface area contributed by atoms with E-state index in [-0.39, 0.29) is 5.92 Å². The average molecular weight is 313 g/mol. The maximum Gasteiger partial charge on any atom is 0.451 e. The number of hydrogen-bond donors (Lipinski definition) is 4. The van der Waals surface area contributed by atoms with E-state index in [0.29, 0.717) is 18.7 Å². The Morgan fingerprint density at radius 3 is 2.55 bits per heavy atom. The van der Waals surface area contributed by atoms with E-state index in [1.165, 1.54) is 25.7 Å². The van der Waals surface area contributed by atoms with E-state index in [0.717, 1.165) is 25.3 Å². The maximum absolute atomic E-state index is 11.4. The molecule has 0 saturated carbocycles. The van der Waals surface area contributed by atoms with Gasteiger partial charge in [0, 0.05) is 0 Å². The van der Waals surface area contributed by atoms with Gasteiger partial charge in [-0.1, -0.05) is 46.0 Å². The lowest BCUT2D eigenvalue weighted by atomic mass is 9.77. The average Bonchev–Trinajstić information content (AvgIpc) is 2.86. The van der Waals surface area contributed by atoms with Crippen molar-refractivity contribution < 1.29 is 19.9 Å². The third-order valence-corrected chi connectivity index (χ3v) is 5.12. The molecular formula is C16H32BNO4. The second-order valence-electron chi connectivity index (χ2n) is 6.70. The lowest BCUT2D eigenvalue weighted by Gasteiger charge is -2.23. The first-order chi connectivity index (χ1) is 10.5. The molecule has 1 aliphatic rings. The standard InChI is InChI=1S/C16H32BNO4/c1-3-6-12(4-2)8-9-13-11-18-15(16(19)20)14(13)7-5-10-17(21)22/h12-15,18,21-22H,3-11H2,1-2H3,(H,19,20)/t12?,13-,14+,15-/m0/s1. The molecule has 1 rings (SSSR count). The van der Waals surface area contributed by atoms with Crippen LogP contribution in [0.5, 0.6) is 0 Å². The third kappa shape index (κ3) is 6.27. The van der Waals surface area contributed by atoms with Crippen molar-refractivity contribution in [3.05, 3.63) is 0 Å². The van der Waals surface area contributed by atoms with Gasteiger partial charge in [-0.2, -0.15) is 0 Å². The molecule has 1 fully saturated rings. The molecule has 1 heterocycles. The smallest absolute Gasteiger partial charge is 0.451 e. The molecule has 128 valence electrons. The van der Waals surface area contributed by atoms with Crippen LogP contribution in [0.2, 0.25) is 6.32 Å². The zero-order valence-electron chi connectivity index (χ0n) is 14.0. The van der Waals surface area contributed by atoms with Crippen LogP contribution in [0, 0.1) is 17.8 Å². The Bertz CT molecular complexity index is 327. The normalized spacial score (nSPS) is 26.1. The highest BCUT2D eigenvalue weighted by molar-refractivity contribution is 6.40. The summed E-state index contributed by atoms with van der Waals surface area (Å²) in [6.07, 6.45) is 7.62. The molecule has 0 radical (unpaired) electrons. The van der Waals surface area contributed by atoms with E-state index < -0.39 is 19.1 Å². The van der Waals surface area contributed by atoms with Gasteiger partial charge in [-0.25, -0.2) is 0 Å². The predicted octanol–water partition coefficient (Wildman–Crippen LogP) is 2.13. The molecule has 1 unspecified atom stereocenters. The van der Waals surface area contributed by atoms with E-state index >= 15 is 0 Å². The SMILES string of the molecule is CCCC(CC)CC[C@H]1CN[C@H](C(=O)O)[C@@H]1CCCB(O)O. The van der Waals surface area contributed by atoms with Gasteiger partial charge in [0.05, 0.1) is 0 Å². The van der Waals surface area contributed by atoms with Gasteiger partial charge in [0.15, 0.2) is 0 Å². The summed E-state index contributed by atoms with van der Waals surface area (Å²) in [6, 6.07) is -0.480. The fourth-order valence-corrected chi connectivity index (χ4v) is 3.79. The second kappa shape index (κ2) is 10.2. The molecule has 5 nitrogen and oxygen atoms in total. The highest BCUT2D eigenvalue weighted by atomic mass is 16.4. The van der Waals surface area contributed by atoms with Crippen LogP contribution in [-0.2, 0) is 4.79 Å². The number of aliphatic carboxylic acids is 1. The summed E-state index contributed by atoms with van der Waals surface area (Å²) in [6.45, 7) is 5.21. The van der Waals surface area contributed by atoms with E-state index in [2.05, 4.69) is 19.2 Å². The number of carboxylic acid groups (broad SMARTS) is 1. The molecule has 0 aliphatic carbocycles. The molecule has 1 saturated heterocycles. The molecule has 0 bridgehead atoms. The molecule has 1 aliphatic heterocycles. The van der Waals surface area contributed by atoms with Gasteiger partial charge >= 0.3 is 13.1 Å². The summed E-state index contributed by atoms with van der Waals surface area (Å²) in [5, 5.41) is 30.4. The molecule has 0 aromatic carbocycles. The quantitative estimate of drug-likeness (QED) is 0.439. The first-order valence-electron chi connectivity index (χ1n) is 8.81.